The van der Waals surface area contributed by atoms with E-state index < -0.39 is 0 Å². The van der Waals surface area contributed by atoms with Crippen molar-refractivity contribution < 1.29 is 4.74 Å². The Morgan fingerprint density at radius 3 is 2.79 bits per heavy atom. The molecule has 0 atom stereocenters. The molecule has 2 aromatic rings. The van der Waals surface area contributed by atoms with Crippen molar-refractivity contribution in [2.45, 2.75) is 6.92 Å². The van der Waals surface area contributed by atoms with Gasteiger partial charge in [-0.2, -0.15) is 5.26 Å². The van der Waals surface area contributed by atoms with Crippen molar-refractivity contribution in [2.75, 3.05) is 5.73 Å². The number of nitriles is 1. The third kappa shape index (κ3) is 2.40. The van der Waals surface area contributed by atoms with Gasteiger partial charge in [0.05, 0.1) is 6.20 Å². The highest BCUT2D eigenvalue weighted by molar-refractivity contribution is 5.57. The second kappa shape index (κ2) is 4.82. The lowest BCUT2D eigenvalue weighted by atomic mass is 10.2. The van der Waals surface area contributed by atoms with Crippen LogP contribution in [0.4, 0.5) is 5.82 Å². The van der Waals surface area contributed by atoms with Crippen LogP contribution in [0.25, 0.3) is 0 Å². The van der Waals surface area contributed by atoms with Gasteiger partial charge in [0, 0.05) is 18.8 Å². The average Bonchev–Trinajstić information content (AvgIpc) is 2.39. The van der Waals surface area contributed by atoms with Crippen LogP contribution >= 0.6 is 0 Å². The van der Waals surface area contributed by atoms with Gasteiger partial charge in [-0.25, -0.2) is 0 Å². The van der Waals surface area contributed by atoms with Crippen molar-refractivity contribution in [3.05, 3.63) is 46.0 Å². The number of rotatable bonds is 2. The third-order valence-electron chi connectivity index (χ3n) is 2.67. The maximum atomic E-state index is 11.7. The van der Waals surface area contributed by atoms with Crippen molar-refractivity contribution in [3.63, 3.8) is 0 Å². The molecule has 0 saturated heterocycles. The summed E-state index contributed by atoms with van der Waals surface area (Å²) in [6, 6.07) is 6.64. The largest absolute Gasteiger partial charge is 0.454 e. The van der Waals surface area contributed by atoms with Gasteiger partial charge < -0.3 is 10.5 Å². The van der Waals surface area contributed by atoms with E-state index in [0.29, 0.717) is 5.75 Å². The lowest BCUT2D eigenvalue weighted by Crippen LogP contribution is -2.20. The van der Waals surface area contributed by atoms with Crippen LogP contribution in [0.1, 0.15) is 11.3 Å². The molecule has 0 unspecified atom stereocenters. The highest BCUT2D eigenvalue weighted by atomic mass is 16.5. The number of hydrogen-bond donors (Lipinski definition) is 1. The molecular weight excluding hydrogens is 244 g/mol. The van der Waals surface area contributed by atoms with Crippen LogP contribution in [0.5, 0.6) is 11.5 Å². The molecule has 2 aromatic heterocycles. The first kappa shape index (κ1) is 12.6. The summed E-state index contributed by atoms with van der Waals surface area (Å²) in [5.74, 6) is 0.647. The van der Waals surface area contributed by atoms with Gasteiger partial charge in [0.25, 0.3) is 5.56 Å². The molecule has 0 fully saturated rings. The minimum Gasteiger partial charge on any atom is -0.454 e. The molecule has 6 nitrogen and oxygen atoms in total. The Kier molecular flexibility index (Phi) is 3.21. The molecule has 0 aliphatic carbocycles. The standard InChI is InChI=1S/C13H12N4O2/c1-8-3-4-9(7-16-8)19-11-5-12(18)17(2)13(15)10(11)6-14/h3-5,7H,15H2,1-2H3. The first-order valence-electron chi connectivity index (χ1n) is 5.53. The zero-order valence-electron chi connectivity index (χ0n) is 10.5. The fraction of sp³-hybridized carbons (Fsp3) is 0.154. The van der Waals surface area contributed by atoms with Crippen molar-refractivity contribution in [2.24, 2.45) is 7.05 Å². The fourth-order valence-electron chi connectivity index (χ4n) is 1.53. The molecule has 0 aromatic carbocycles. The van der Waals surface area contributed by atoms with Crippen LogP contribution < -0.4 is 16.0 Å². The number of anilines is 1. The summed E-state index contributed by atoms with van der Waals surface area (Å²) < 4.78 is 6.69. The minimum atomic E-state index is -0.341. The van der Waals surface area contributed by atoms with Crippen molar-refractivity contribution in [3.8, 4) is 17.6 Å². The Labute approximate surface area is 109 Å². The molecule has 2 N–H and O–H groups in total. The molecule has 0 radical (unpaired) electrons. The van der Waals surface area contributed by atoms with Gasteiger partial charge in [0.15, 0.2) is 5.75 Å². The maximum absolute atomic E-state index is 11.7. The lowest BCUT2D eigenvalue weighted by molar-refractivity contribution is 0.476. The molecule has 2 heterocycles. The predicted octanol–water partition coefficient (Wildman–Crippen LogP) is 1.33. The van der Waals surface area contributed by atoms with E-state index in [-0.39, 0.29) is 22.7 Å². The maximum Gasteiger partial charge on any atom is 0.255 e. The van der Waals surface area contributed by atoms with E-state index in [0.717, 1.165) is 5.69 Å². The summed E-state index contributed by atoms with van der Waals surface area (Å²) in [4.78, 5) is 15.7. The second-order valence-electron chi connectivity index (χ2n) is 4.02. The van der Waals surface area contributed by atoms with Crippen LogP contribution in [0, 0.1) is 18.3 Å². The van der Waals surface area contributed by atoms with E-state index in [2.05, 4.69) is 4.98 Å². The van der Waals surface area contributed by atoms with Crippen LogP contribution in [-0.2, 0) is 7.05 Å². The smallest absolute Gasteiger partial charge is 0.255 e. The van der Waals surface area contributed by atoms with E-state index in [9.17, 15) is 4.79 Å². The number of aromatic nitrogens is 2. The van der Waals surface area contributed by atoms with Crippen LogP contribution in [0.3, 0.4) is 0 Å². The minimum absolute atomic E-state index is 0.0741. The van der Waals surface area contributed by atoms with Crippen molar-refractivity contribution in [1.29, 1.82) is 5.26 Å². The number of aryl methyl sites for hydroxylation is 1. The van der Waals surface area contributed by atoms with Gasteiger partial charge >= 0.3 is 0 Å². The topological polar surface area (TPSA) is 93.9 Å². The molecule has 0 aliphatic rings. The molecule has 0 spiro atoms. The average molecular weight is 256 g/mol. The molecule has 0 amide bonds. The molecule has 6 heteroatoms. The number of nitrogens with zero attached hydrogens (tertiary/aromatic N) is 3. The highest BCUT2D eigenvalue weighted by Crippen LogP contribution is 2.26. The van der Waals surface area contributed by atoms with E-state index in [1.165, 1.54) is 23.9 Å². The molecule has 96 valence electrons. The predicted molar refractivity (Wildman–Crippen MR) is 69.9 cm³/mol. The Balaban J connectivity index is 2.49. The molecule has 0 bridgehead atoms. The first-order chi connectivity index (χ1) is 9.02. The van der Waals surface area contributed by atoms with Gasteiger partial charge in [-0.15, -0.1) is 0 Å². The number of ether oxygens (including phenoxy) is 1. The van der Waals surface area contributed by atoms with Crippen LogP contribution in [-0.4, -0.2) is 9.55 Å². The van der Waals surface area contributed by atoms with Gasteiger partial charge in [0.2, 0.25) is 0 Å². The van der Waals surface area contributed by atoms with E-state index in [1.54, 1.807) is 12.1 Å². The van der Waals surface area contributed by atoms with Gasteiger partial charge in [0.1, 0.15) is 23.2 Å². The summed E-state index contributed by atoms with van der Waals surface area (Å²) in [7, 11) is 1.50. The van der Waals surface area contributed by atoms with Gasteiger partial charge in [-0.3, -0.25) is 14.3 Å². The zero-order chi connectivity index (χ0) is 14.0. The monoisotopic (exact) mass is 256 g/mol. The number of nitrogen functional groups attached to an aromatic ring is 1. The van der Waals surface area contributed by atoms with E-state index in [1.807, 2.05) is 13.0 Å². The summed E-state index contributed by atoms with van der Waals surface area (Å²) >= 11 is 0. The van der Waals surface area contributed by atoms with Gasteiger partial charge in [-0.1, -0.05) is 0 Å². The third-order valence-corrected chi connectivity index (χ3v) is 2.67. The lowest BCUT2D eigenvalue weighted by Gasteiger charge is -2.11. The normalized spacial score (nSPS) is 9.95. The SMILES string of the molecule is Cc1ccc(Oc2cc(=O)n(C)c(N)c2C#N)cn1. The number of pyridine rings is 2. The van der Waals surface area contributed by atoms with Crippen LogP contribution in [0.15, 0.2) is 29.2 Å². The van der Waals surface area contributed by atoms with Crippen LogP contribution in [0.2, 0.25) is 0 Å². The fourth-order valence-corrected chi connectivity index (χ4v) is 1.53. The number of nitrogens with two attached hydrogens (primary N) is 1. The second-order valence-corrected chi connectivity index (χ2v) is 4.02. The highest BCUT2D eigenvalue weighted by Gasteiger charge is 2.13. The molecular formula is C13H12N4O2. The molecule has 19 heavy (non-hydrogen) atoms. The van der Waals surface area contributed by atoms with E-state index >= 15 is 0 Å². The quantitative estimate of drug-likeness (QED) is 0.874. The van der Waals surface area contributed by atoms with Crippen molar-refractivity contribution in [1.82, 2.24) is 9.55 Å². The summed E-state index contributed by atoms with van der Waals surface area (Å²) in [5.41, 5.74) is 6.35. The Morgan fingerprint density at radius 2 is 2.21 bits per heavy atom. The van der Waals surface area contributed by atoms with Gasteiger partial charge in [-0.05, 0) is 19.1 Å². The Hall–Kier alpha value is -2.81. The number of hydrogen-bond acceptors (Lipinski definition) is 5. The summed E-state index contributed by atoms with van der Waals surface area (Å²) in [5, 5.41) is 9.10. The molecule has 2 rings (SSSR count). The first-order valence-corrected chi connectivity index (χ1v) is 5.53. The molecule has 0 saturated carbocycles. The summed E-state index contributed by atoms with van der Waals surface area (Å²) in [6.07, 6.45) is 1.52. The Morgan fingerprint density at radius 1 is 1.47 bits per heavy atom. The van der Waals surface area contributed by atoms with Crippen molar-refractivity contribution >= 4 is 5.82 Å². The molecule has 0 aliphatic heterocycles. The zero-order valence-corrected chi connectivity index (χ0v) is 10.5. The van der Waals surface area contributed by atoms with E-state index in [4.69, 9.17) is 15.7 Å². The Bertz CT molecular complexity index is 711. The summed E-state index contributed by atoms with van der Waals surface area (Å²) in [6.45, 7) is 1.85.